The zero-order valence-electron chi connectivity index (χ0n) is 16.3. The Kier molecular flexibility index (Phi) is 8.51. The second-order valence-electron chi connectivity index (χ2n) is 7.33. The van der Waals surface area contributed by atoms with Crippen LogP contribution in [0.4, 0.5) is 0 Å². The van der Waals surface area contributed by atoms with Gasteiger partial charge in [0.2, 0.25) is 10.0 Å². The summed E-state index contributed by atoms with van der Waals surface area (Å²) < 4.78 is 25.4. The van der Waals surface area contributed by atoms with Crippen LogP contribution in [0.1, 0.15) is 61.4 Å². The number of rotatable bonds is 11. The molecule has 1 aromatic rings. The number of nitrogens with zero attached hydrogens (tertiary/aromatic N) is 1. The van der Waals surface area contributed by atoms with Gasteiger partial charge >= 0.3 is 0 Å². The number of hydrogen-bond acceptors (Lipinski definition) is 3. The molecule has 1 atom stereocenters. The molecular weight excluding hydrogens is 360 g/mol. The van der Waals surface area contributed by atoms with Crippen LogP contribution in [0.2, 0.25) is 0 Å². The summed E-state index contributed by atoms with van der Waals surface area (Å²) in [5.41, 5.74) is 1.98. The molecule has 0 unspecified atom stereocenters. The van der Waals surface area contributed by atoms with Gasteiger partial charge in [-0.25, -0.2) is 13.1 Å². The van der Waals surface area contributed by atoms with Gasteiger partial charge in [-0.3, -0.25) is 4.79 Å². The monoisotopic (exact) mass is 392 g/mol. The normalized spacial score (nSPS) is 17.2. The standard InChI is InChI=1S/C21H32N2O3S/c1-3-5-6-7-8-9-18-10-12-20(13-11-18)21(24)23-15-14-19(17-23)16-22-27(25,26)4-2/h4,10-13,19,22H,2-3,5-9,14-17H2,1H3/t19-/m1/s1. The maximum atomic E-state index is 12.7. The molecule has 0 spiro atoms. The number of hydrogen-bond donors (Lipinski definition) is 1. The molecule has 0 bridgehead atoms. The van der Waals surface area contributed by atoms with E-state index in [1.165, 1.54) is 37.7 Å². The molecule has 1 fully saturated rings. The van der Waals surface area contributed by atoms with Crippen LogP contribution >= 0.6 is 0 Å². The van der Waals surface area contributed by atoms with E-state index in [-0.39, 0.29) is 11.8 Å². The lowest BCUT2D eigenvalue weighted by atomic mass is 10.0. The van der Waals surface area contributed by atoms with Gasteiger partial charge in [0.15, 0.2) is 0 Å². The van der Waals surface area contributed by atoms with Gasteiger partial charge in [-0.15, -0.1) is 0 Å². The van der Waals surface area contributed by atoms with Gasteiger partial charge in [-0.1, -0.05) is 51.3 Å². The quantitative estimate of drug-likeness (QED) is 0.584. The van der Waals surface area contributed by atoms with Crippen molar-refractivity contribution in [2.24, 2.45) is 5.92 Å². The molecule has 5 nitrogen and oxygen atoms in total. The number of carbonyl (C=O) groups excluding carboxylic acids is 1. The molecular formula is C21H32N2O3S. The fourth-order valence-electron chi connectivity index (χ4n) is 3.41. The van der Waals surface area contributed by atoms with E-state index in [1.54, 1.807) is 0 Å². The highest BCUT2D eigenvalue weighted by Gasteiger charge is 2.27. The largest absolute Gasteiger partial charge is 0.338 e. The van der Waals surface area contributed by atoms with E-state index in [1.807, 2.05) is 17.0 Å². The third-order valence-electron chi connectivity index (χ3n) is 5.14. The number of likely N-dealkylation sites (tertiary alicyclic amines) is 1. The third-order valence-corrected chi connectivity index (χ3v) is 6.14. The number of nitrogens with one attached hydrogen (secondary N) is 1. The van der Waals surface area contributed by atoms with Crippen molar-refractivity contribution in [1.82, 2.24) is 9.62 Å². The number of benzene rings is 1. The summed E-state index contributed by atoms with van der Waals surface area (Å²) in [5.74, 6) is 0.171. The van der Waals surface area contributed by atoms with Crippen molar-refractivity contribution < 1.29 is 13.2 Å². The van der Waals surface area contributed by atoms with Gasteiger partial charge in [-0.2, -0.15) is 0 Å². The van der Waals surface area contributed by atoms with Crippen LogP contribution in [-0.2, 0) is 16.4 Å². The fraction of sp³-hybridized carbons (Fsp3) is 0.571. The van der Waals surface area contributed by atoms with Gasteiger partial charge in [0.05, 0.1) is 0 Å². The molecule has 27 heavy (non-hydrogen) atoms. The first-order chi connectivity index (χ1) is 12.9. The number of sulfonamides is 1. The van der Waals surface area contributed by atoms with Crippen molar-refractivity contribution in [2.75, 3.05) is 19.6 Å². The van der Waals surface area contributed by atoms with Crippen molar-refractivity contribution >= 4 is 15.9 Å². The van der Waals surface area contributed by atoms with Crippen LogP contribution in [0.3, 0.4) is 0 Å². The second kappa shape index (κ2) is 10.6. The summed E-state index contributed by atoms with van der Waals surface area (Å²) in [6.07, 6.45) is 8.19. The van der Waals surface area contributed by atoms with E-state index in [4.69, 9.17) is 0 Å². The molecule has 1 aromatic carbocycles. The first-order valence-corrected chi connectivity index (χ1v) is 11.5. The number of carbonyl (C=O) groups is 1. The first-order valence-electron chi connectivity index (χ1n) is 9.95. The Balaban J connectivity index is 1.79. The van der Waals surface area contributed by atoms with E-state index >= 15 is 0 Å². The Bertz CT molecular complexity index is 713. The smallest absolute Gasteiger partial charge is 0.253 e. The van der Waals surface area contributed by atoms with Gasteiger partial charge in [-0.05, 0) is 42.9 Å². The van der Waals surface area contributed by atoms with Crippen molar-refractivity contribution in [3.05, 3.63) is 47.4 Å². The molecule has 150 valence electrons. The zero-order chi connectivity index (χ0) is 19.7. The van der Waals surface area contributed by atoms with Crippen molar-refractivity contribution in [2.45, 2.75) is 51.9 Å². The van der Waals surface area contributed by atoms with E-state index in [9.17, 15) is 13.2 Å². The fourth-order valence-corrected chi connectivity index (χ4v) is 3.99. The predicted octanol–water partition coefficient (Wildman–Crippen LogP) is 3.72. The van der Waals surface area contributed by atoms with E-state index in [0.717, 1.165) is 18.2 Å². The minimum Gasteiger partial charge on any atom is -0.338 e. The van der Waals surface area contributed by atoms with Crippen LogP contribution in [0.25, 0.3) is 0 Å². The van der Waals surface area contributed by atoms with E-state index in [2.05, 4.69) is 30.4 Å². The summed E-state index contributed by atoms with van der Waals surface area (Å²) in [5, 5.41) is 0.913. The third kappa shape index (κ3) is 7.11. The summed E-state index contributed by atoms with van der Waals surface area (Å²) in [4.78, 5) is 14.5. The lowest BCUT2D eigenvalue weighted by Crippen LogP contribution is -2.32. The molecule has 0 aliphatic carbocycles. The molecule has 6 heteroatoms. The maximum absolute atomic E-state index is 12.7. The highest BCUT2D eigenvalue weighted by atomic mass is 32.2. The van der Waals surface area contributed by atoms with E-state index < -0.39 is 10.0 Å². The Morgan fingerprint density at radius 1 is 1.22 bits per heavy atom. The van der Waals surface area contributed by atoms with Gasteiger partial charge < -0.3 is 4.90 Å². The summed E-state index contributed by atoms with van der Waals surface area (Å²) in [7, 11) is -3.40. The highest BCUT2D eigenvalue weighted by molar-refractivity contribution is 7.92. The van der Waals surface area contributed by atoms with Crippen LogP contribution in [-0.4, -0.2) is 38.9 Å². The van der Waals surface area contributed by atoms with Gasteiger partial charge in [0, 0.05) is 30.6 Å². The second-order valence-corrected chi connectivity index (χ2v) is 9.04. The molecule has 1 saturated heterocycles. The van der Waals surface area contributed by atoms with Crippen LogP contribution < -0.4 is 4.72 Å². The summed E-state index contributed by atoms with van der Waals surface area (Å²) >= 11 is 0. The van der Waals surface area contributed by atoms with Crippen molar-refractivity contribution in [1.29, 1.82) is 0 Å². The lowest BCUT2D eigenvalue weighted by Gasteiger charge is -2.17. The van der Waals surface area contributed by atoms with E-state index in [0.29, 0.717) is 25.2 Å². The topological polar surface area (TPSA) is 66.5 Å². The first kappa shape index (κ1) is 21.6. The Hall–Kier alpha value is -1.66. The minimum atomic E-state index is -3.40. The SMILES string of the molecule is C=CS(=O)(=O)NC[C@H]1CCN(C(=O)c2ccc(CCCCCCC)cc2)C1. The highest BCUT2D eigenvalue weighted by Crippen LogP contribution is 2.19. The molecule has 1 aliphatic rings. The molecule has 1 aliphatic heterocycles. The lowest BCUT2D eigenvalue weighted by molar-refractivity contribution is 0.0787. The Morgan fingerprint density at radius 3 is 2.59 bits per heavy atom. The molecule has 2 rings (SSSR count). The maximum Gasteiger partial charge on any atom is 0.253 e. The number of unbranched alkanes of at least 4 members (excludes halogenated alkanes) is 4. The molecule has 1 amide bonds. The summed E-state index contributed by atoms with van der Waals surface area (Å²) in [6.45, 7) is 7.09. The van der Waals surface area contributed by atoms with Crippen LogP contribution in [0, 0.1) is 5.92 Å². The summed E-state index contributed by atoms with van der Waals surface area (Å²) in [6, 6.07) is 7.94. The van der Waals surface area contributed by atoms with Crippen LogP contribution in [0.15, 0.2) is 36.3 Å². The molecule has 1 heterocycles. The molecule has 0 aromatic heterocycles. The Morgan fingerprint density at radius 2 is 1.93 bits per heavy atom. The average molecular weight is 393 g/mol. The minimum absolute atomic E-state index is 0.0265. The van der Waals surface area contributed by atoms with Crippen LogP contribution in [0.5, 0.6) is 0 Å². The Labute approximate surface area is 163 Å². The molecule has 0 saturated carbocycles. The zero-order valence-corrected chi connectivity index (χ0v) is 17.1. The molecule has 1 N–H and O–H groups in total. The molecule has 0 radical (unpaired) electrons. The van der Waals surface area contributed by atoms with Crippen molar-refractivity contribution in [3.63, 3.8) is 0 Å². The van der Waals surface area contributed by atoms with Gasteiger partial charge in [0.1, 0.15) is 0 Å². The average Bonchev–Trinajstić information content (AvgIpc) is 3.15. The number of amides is 1. The number of aryl methyl sites for hydroxylation is 1. The van der Waals surface area contributed by atoms with Gasteiger partial charge in [0.25, 0.3) is 5.91 Å². The van der Waals surface area contributed by atoms with Crippen molar-refractivity contribution in [3.8, 4) is 0 Å². The predicted molar refractivity (Wildman–Crippen MR) is 110 cm³/mol.